The van der Waals surface area contributed by atoms with Crippen molar-refractivity contribution in [1.29, 1.82) is 0 Å². The Balaban J connectivity index is -0.0000000457. The molecule has 0 spiro atoms. The number of hydrogen-bond acceptors (Lipinski definition) is 4. The van der Waals surface area contributed by atoms with Crippen molar-refractivity contribution in [1.82, 2.24) is 0 Å². The summed E-state index contributed by atoms with van der Waals surface area (Å²) in [5.74, 6) is 0. The van der Waals surface area contributed by atoms with E-state index in [1.807, 2.05) is 0 Å². The van der Waals surface area contributed by atoms with E-state index in [9.17, 15) is 0 Å². The minimum Gasteiger partial charge on any atom is 0 e. The zero-order valence-corrected chi connectivity index (χ0v) is 7.18. The monoisotopic (exact) mass is 278 g/mol. The molecule has 0 radical (unpaired) electrons. The molecule has 0 aromatic heterocycles. The summed E-state index contributed by atoms with van der Waals surface area (Å²) in [7, 11) is -9.33. The largest absolute Gasteiger partial charge is 0 e. The van der Waals surface area contributed by atoms with Crippen molar-refractivity contribution in [3.63, 3.8) is 0 Å². The van der Waals surface area contributed by atoms with Gasteiger partial charge in [0.1, 0.15) is 0 Å². The maximum Gasteiger partial charge on any atom is 0 e. The average molecular weight is 279 g/mol. The van der Waals surface area contributed by atoms with Crippen molar-refractivity contribution >= 4 is 50.4 Å². The second kappa shape index (κ2) is 8.82. The van der Waals surface area contributed by atoms with E-state index in [0.29, 0.717) is 0 Å². The van der Waals surface area contributed by atoms with Crippen LogP contribution in [0.5, 0.6) is 0 Å². The van der Waals surface area contributed by atoms with Crippen molar-refractivity contribution in [2.45, 2.75) is 0 Å². The van der Waals surface area contributed by atoms with Crippen LogP contribution in [-0.2, 0) is 37.3 Å². The van der Waals surface area contributed by atoms with Crippen molar-refractivity contribution in [2.75, 3.05) is 0 Å². The summed E-state index contributed by atoms with van der Waals surface area (Å²) in [6.07, 6.45) is 0. The normalized spacial score (nSPS) is 9.67. The summed E-state index contributed by atoms with van der Waals surface area (Å²) >= 11 is 0. The molecule has 8 nitrogen and oxygen atoms in total. The van der Waals surface area contributed by atoms with Crippen LogP contribution in [0.25, 0.3) is 0 Å². The van der Waals surface area contributed by atoms with Crippen LogP contribution in [0.4, 0.5) is 0 Å². The molecule has 0 saturated heterocycles. The summed E-state index contributed by atoms with van der Waals surface area (Å²) in [6, 6.07) is 0. The Morgan fingerprint density at radius 1 is 0.667 bits per heavy atom. The van der Waals surface area contributed by atoms with E-state index >= 15 is 0 Å². The van der Waals surface area contributed by atoms with Gasteiger partial charge in [0, 0.05) is 16.5 Å². The minimum atomic E-state index is -4.67. The Morgan fingerprint density at radius 2 is 0.667 bits per heavy atom. The van der Waals surface area contributed by atoms with Crippen LogP contribution in [0.3, 0.4) is 0 Å². The van der Waals surface area contributed by atoms with Crippen molar-refractivity contribution < 1.29 is 51.5 Å². The van der Waals surface area contributed by atoms with Gasteiger partial charge in [-0.3, -0.25) is 18.2 Å². The molecule has 12 heavy (non-hydrogen) atoms. The van der Waals surface area contributed by atoms with Gasteiger partial charge in [-0.1, -0.05) is 0 Å². The fourth-order valence-corrected chi connectivity index (χ4v) is 0. The van der Waals surface area contributed by atoms with Crippen LogP contribution in [0.15, 0.2) is 0 Å². The van der Waals surface area contributed by atoms with E-state index in [2.05, 4.69) is 0 Å². The predicted octanol–water partition coefficient (Wildman–Crippen LogP) is -1.96. The first-order valence-corrected chi connectivity index (χ1v) is 4.19. The van der Waals surface area contributed by atoms with Crippen molar-refractivity contribution in [2.24, 2.45) is 0 Å². The molecule has 0 atom stereocenters. The van der Waals surface area contributed by atoms with Gasteiger partial charge in [0.2, 0.25) is 0 Å². The molecule has 0 heterocycles. The quantitative estimate of drug-likeness (QED) is 0.295. The molecule has 0 aliphatic carbocycles. The molecule has 0 rings (SSSR count). The maximum absolute atomic E-state index is 8.74. The Labute approximate surface area is 101 Å². The zero-order chi connectivity index (χ0) is 9.00. The topological polar surface area (TPSA) is 149 Å². The molecule has 12 heteroatoms. The Bertz CT molecular complexity index is 213. The van der Waals surface area contributed by atoms with Crippen LogP contribution >= 0.6 is 0 Å². The van der Waals surface area contributed by atoms with Gasteiger partial charge < -0.3 is 0 Å². The van der Waals surface area contributed by atoms with E-state index in [1.165, 1.54) is 0 Å². The zero-order valence-electron chi connectivity index (χ0n) is 4.55. The molecule has 0 bridgehead atoms. The summed E-state index contributed by atoms with van der Waals surface area (Å²) in [4.78, 5) is 0. The first-order valence-electron chi connectivity index (χ1n) is 1.40. The molecule has 76 valence electrons. The third-order valence-electron chi connectivity index (χ3n) is 0. The van der Waals surface area contributed by atoms with Crippen LogP contribution < -0.4 is 0 Å². The van der Waals surface area contributed by atoms with E-state index < -0.39 is 20.8 Å². The smallest absolute Gasteiger partial charge is 0 e. The molecule has 0 saturated carbocycles. The predicted molar refractivity (Wildman–Crippen MR) is 35.5 cm³/mol. The van der Waals surface area contributed by atoms with Crippen LogP contribution in [-0.4, -0.2) is 64.6 Å². The summed E-state index contributed by atoms with van der Waals surface area (Å²) in [5.41, 5.74) is 0. The molecule has 4 N–H and O–H groups in total. The Kier molecular flexibility index (Phi) is 17.1. The van der Waals surface area contributed by atoms with Crippen LogP contribution in [0, 0.1) is 0 Å². The van der Waals surface area contributed by atoms with Gasteiger partial charge >= 0.3 is 50.4 Å². The van der Waals surface area contributed by atoms with Gasteiger partial charge in [0.25, 0.3) is 0 Å². The molecule has 0 aromatic rings. The van der Waals surface area contributed by atoms with Crippen molar-refractivity contribution in [3.05, 3.63) is 0 Å². The molecule has 0 aliphatic heterocycles. The second-order valence-corrected chi connectivity index (χ2v) is 2.69. The van der Waals surface area contributed by atoms with Gasteiger partial charge in [-0.05, 0) is 0 Å². The second-order valence-electron chi connectivity index (χ2n) is 0.896. The molecule has 0 unspecified atom stereocenters. The van der Waals surface area contributed by atoms with Crippen LogP contribution in [0.2, 0.25) is 0 Å². The minimum absolute atomic E-state index is 0. The Hall–Kier alpha value is 1.23. The third-order valence-corrected chi connectivity index (χ3v) is 0. The van der Waals surface area contributed by atoms with Gasteiger partial charge in [-0.2, -0.15) is 16.8 Å². The first-order chi connectivity index (χ1) is 4.00. The van der Waals surface area contributed by atoms with Gasteiger partial charge in [0.15, 0.2) is 0 Å². The fourth-order valence-electron chi connectivity index (χ4n) is 0. The first kappa shape index (κ1) is 23.2. The molecule has 0 fully saturated rings. The van der Waals surface area contributed by atoms with Crippen molar-refractivity contribution in [3.8, 4) is 0 Å². The van der Waals surface area contributed by atoms with Gasteiger partial charge in [-0.15, -0.1) is 0 Å². The SMILES string of the molecule is O=S(=O)(O)O.O=S(=O)(O)O.[NaH].[Ni]. The summed E-state index contributed by atoms with van der Waals surface area (Å²) < 4.78 is 63.2. The summed E-state index contributed by atoms with van der Waals surface area (Å²) in [5, 5.41) is 0. The molecular weight excluding hydrogens is 274 g/mol. The fraction of sp³-hybridized carbons (Fsp3) is 0. The third kappa shape index (κ3) is 773. The van der Waals surface area contributed by atoms with Gasteiger partial charge in [0.05, 0.1) is 0 Å². The van der Waals surface area contributed by atoms with Crippen LogP contribution in [0.1, 0.15) is 0 Å². The molecular formula is H5NaNiO8S2. The maximum atomic E-state index is 8.74. The average Bonchev–Trinajstić information content (AvgIpc) is 1.12. The van der Waals surface area contributed by atoms with E-state index in [1.54, 1.807) is 0 Å². The molecule has 0 aliphatic rings. The van der Waals surface area contributed by atoms with E-state index in [4.69, 9.17) is 35.0 Å². The summed E-state index contributed by atoms with van der Waals surface area (Å²) in [6.45, 7) is 0. The number of hydrogen-bond donors (Lipinski definition) is 4. The standard InChI is InChI=1S/Na.Ni.2H2O4S.H/c;;2*1-5(2,3)4;/h;;2*(H2,1,2,3,4);. The van der Waals surface area contributed by atoms with E-state index in [-0.39, 0.29) is 46.0 Å². The van der Waals surface area contributed by atoms with E-state index in [0.717, 1.165) is 0 Å². The van der Waals surface area contributed by atoms with Gasteiger partial charge in [-0.25, -0.2) is 0 Å². The Morgan fingerprint density at radius 3 is 0.667 bits per heavy atom. The molecule has 0 aromatic carbocycles. The molecule has 0 amide bonds. The number of rotatable bonds is 0.